The zero-order chi connectivity index (χ0) is 23.0. The fourth-order valence-electron chi connectivity index (χ4n) is 5.58. The summed E-state index contributed by atoms with van der Waals surface area (Å²) < 4.78 is 0. The second kappa shape index (κ2) is 8.26. The molecule has 33 heavy (non-hydrogen) atoms. The number of carboxylic acid groups (broad SMARTS) is 1. The van der Waals surface area contributed by atoms with Gasteiger partial charge in [0.1, 0.15) is 11.6 Å². The molecule has 4 heteroatoms. The van der Waals surface area contributed by atoms with Crippen LogP contribution < -0.4 is 4.90 Å². The number of aliphatic carboxylic acids is 1. The molecule has 0 bridgehead atoms. The molecular formula is C29H26N2O2. The van der Waals surface area contributed by atoms with Gasteiger partial charge in [-0.15, -0.1) is 0 Å². The minimum atomic E-state index is -1.21. The highest BCUT2D eigenvalue weighted by Gasteiger charge is 2.49. The molecule has 2 atom stereocenters. The van der Waals surface area contributed by atoms with Crippen molar-refractivity contribution in [1.29, 1.82) is 5.26 Å². The monoisotopic (exact) mass is 434 g/mol. The lowest BCUT2D eigenvalue weighted by Gasteiger charge is -2.40. The largest absolute Gasteiger partial charge is 0.477 e. The first-order chi connectivity index (χ1) is 16.0. The van der Waals surface area contributed by atoms with E-state index in [9.17, 15) is 4.79 Å². The van der Waals surface area contributed by atoms with E-state index in [1.807, 2.05) is 24.3 Å². The molecular weight excluding hydrogens is 408 g/mol. The molecule has 1 saturated carbocycles. The summed E-state index contributed by atoms with van der Waals surface area (Å²) in [5, 5.41) is 18.1. The fourth-order valence-corrected chi connectivity index (χ4v) is 5.58. The smallest absolute Gasteiger partial charge is 0.346 e. The van der Waals surface area contributed by atoms with Crippen LogP contribution in [0.3, 0.4) is 0 Å². The van der Waals surface area contributed by atoms with E-state index in [2.05, 4.69) is 60.4 Å². The van der Waals surface area contributed by atoms with Crippen LogP contribution in [0.25, 0.3) is 17.2 Å². The van der Waals surface area contributed by atoms with Crippen molar-refractivity contribution >= 4 is 23.4 Å². The molecule has 1 aliphatic carbocycles. The number of hydrogen-bond acceptors (Lipinski definition) is 3. The average Bonchev–Trinajstić information content (AvgIpc) is 3.11. The van der Waals surface area contributed by atoms with E-state index in [-0.39, 0.29) is 11.0 Å². The van der Waals surface area contributed by atoms with Crippen molar-refractivity contribution < 1.29 is 9.90 Å². The molecule has 0 aromatic heterocycles. The van der Waals surface area contributed by atoms with Crippen LogP contribution in [0.5, 0.6) is 0 Å². The normalized spacial score (nSPS) is 21.8. The summed E-state index contributed by atoms with van der Waals surface area (Å²) in [4.78, 5) is 13.7. The Morgan fingerprint density at radius 1 is 1.06 bits per heavy atom. The lowest BCUT2D eigenvalue weighted by atomic mass is 9.69. The molecule has 4 nitrogen and oxygen atoms in total. The van der Waals surface area contributed by atoms with Gasteiger partial charge in [-0.2, -0.15) is 5.26 Å². The summed E-state index contributed by atoms with van der Waals surface area (Å²) >= 11 is 0. The summed E-state index contributed by atoms with van der Waals surface area (Å²) in [5.41, 5.74) is 6.76. The molecule has 1 fully saturated rings. The number of benzene rings is 3. The van der Waals surface area contributed by atoms with Crippen LogP contribution >= 0.6 is 0 Å². The van der Waals surface area contributed by atoms with Crippen LogP contribution in [-0.2, 0) is 10.2 Å². The standard InChI is InChI=1S/C29H26N2O2/c1-29-16-6-5-9-27(29)31(24-7-3-2-4-8-24)26-15-14-22(18-25(26)29)21-12-10-20(11-13-21)17-23(19-30)28(32)33/h2-4,7-8,10-15,17-18,27H,5-6,9,16H2,1H3,(H,32,33)/b23-17+. The summed E-state index contributed by atoms with van der Waals surface area (Å²) in [7, 11) is 0. The van der Waals surface area contributed by atoms with Crippen LogP contribution in [0.2, 0.25) is 0 Å². The molecule has 3 aromatic carbocycles. The van der Waals surface area contributed by atoms with Crippen molar-refractivity contribution in [3.05, 3.63) is 89.5 Å². The summed E-state index contributed by atoms with van der Waals surface area (Å²) in [6.07, 6.45) is 6.31. The van der Waals surface area contributed by atoms with Crippen LogP contribution in [-0.4, -0.2) is 17.1 Å². The number of carboxylic acids is 1. The molecule has 0 spiro atoms. The van der Waals surface area contributed by atoms with Gasteiger partial charge in [-0.3, -0.25) is 0 Å². The number of nitriles is 1. The van der Waals surface area contributed by atoms with Gasteiger partial charge < -0.3 is 10.0 Å². The number of rotatable bonds is 4. The van der Waals surface area contributed by atoms with Crippen LogP contribution in [0.1, 0.15) is 43.7 Å². The molecule has 3 aromatic rings. The SMILES string of the molecule is CC12CCCCC1N(c1ccccc1)c1ccc(-c3ccc(/C=C(\C#N)C(=O)O)cc3)cc12. The van der Waals surface area contributed by atoms with E-state index < -0.39 is 5.97 Å². The number of anilines is 2. The quantitative estimate of drug-likeness (QED) is 0.367. The maximum absolute atomic E-state index is 11.1. The molecule has 164 valence electrons. The fraction of sp³-hybridized carbons (Fsp3) is 0.241. The maximum Gasteiger partial charge on any atom is 0.346 e. The van der Waals surface area contributed by atoms with Gasteiger partial charge in [0.05, 0.1) is 0 Å². The summed E-state index contributed by atoms with van der Waals surface area (Å²) in [6, 6.07) is 27.4. The van der Waals surface area contributed by atoms with Crippen molar-refractivity contribution in [3.8, 4) is 17.2 Å². The van der Waals surface area contributed by atoms with E-state index >= 15 is 0 Å². The maximum atomic E-state index is 11.1. The average molecular weight is 435 g/mol. The molecule has 1 heterocycles. The predicted octanol–water partition coefficient (Wildman–Crippen LogP) is 6.70. The van der Waals surface area contributed by atoms with Crippen LogP contribution in [0.4, 0.5) is 11.4 Å². The highest BCUT2D eigenvalue weighted by molar-refractivity contribution is 5.96. The minimum absolute atomic E-state index is 0.116. The van der Waals surface area contributed by atoms with E-state index in [1.54, 1.807) is 6.07 Å². The number of carbonyl (C=O) groups is 1. The third-order valence-electron chi connectivity index (χ3n) is 7.28. The van der Waals surface area contributed by atoms with Gasteiger partial charge >= 0.3 is 5.97 Å². The van der Waals surface area contributed by atoms with Gasteiger partial charge in [0, 0.05) is 22.8 Å². The lowest BCUT2D eigenvalue weighted by Crippen LogP contribution is -2.43. The Morgan fingerprint density at radius 3 is 2.48 bits per heavy atom. The van der Waals surface area contributed by atoms with Crippen molar-refractivity contribution in [3.63, 3.8) is 0 Å². The Balaban J connectivity index is 1.54. The zero-order valence-electron chi connectivity index (χ0n) is 18.7. The third kappa shape index (κ3) is 3.60. The molecule has 0 radical (unpaired) electrons. The van der Waals surface area contributed by atoms with Gasteiger partial charge in [0.15, 0.2) is 0 Å². The van der Waals surface area contributed by atoms with Gasteiger partial charge in [-0.05, 0) is 65.4 Å². The highest BCUT2D eigenvalue weighted by Crippen LogP contribution is 2.55. The first-order valence-corrected chi connectivity index (χ1v) is 11.5. The van der Waals surface area contributed by atoms with E-state index in [4.69, 9.17) is 10.4 Å². The second-order valence-electron chi connectivity index (χ2n) is 9.21. The second-order valence-corrected chi connectivity index (χ2v) is 9.21. The molecule has 0 amide bonds. The van der Waals surface area contributed by atoms with Crippen molar-refractivity contribution in [1.82, 2.24) is 0 Å². The molecule has 2 unspecified atom stereocenters. The molecule has 1 aliphatic heterocycles. The first kappa shape index (κ1) is 21.0. The Bertz CT molecular complexity index is 1270. The summed E-state index contributed by atoms with van der Waals surface area (Å²) in [6.45, 7) is 2.42. The molecule has 0 saturated heterocycles. The Kier molecular flexibility index (Phi) is 5.26. The van der Waals surface area contributed by atoms with Gasteiger partial charge in [0.2, 0.25) is 0 Å². The summed E-state index contributed by atoms with van der Waals surface area (Å²) in [5.74, 6) is -1.21. The van der Waals surface area contributed by atoms with Crippen molar-refractivity contribution in [2.24, 2.45) is 0 Å². The van der Waals surface area contributed by atoms with Crippen LogP contribution in [0.15, 0.2) is 78.4 Å². The van der Waals surface area contributed by atoms with Crippen molar-refractivity contribution in [2.45, 2.75) is 44.1 Å². The first-order valence-electron chi connectivity index (χ1n) is 11.5. The van der Waals surface area contributed by atoms with E-state index in [0.29, 0.717) is 11.6 Å². The zero-order valence-corrected chi connectivity index (χ0v) is 18.7. The number of para-hydroxylation sites is 1. The van der Waals surface area contributed by atoms with Gasteiger partial charge in [-0.25, -0.2) is 4.79 Å². The Hall–Kier alpha value is -3.84. The highest BCUT2D eigenvalue weighted by atomic mass is 16.4. The minimum Gasteiger partial charge on any atom is -0.477 e. The molecule has 1 N–H and O–H groups in total. The van der Waals surface area contributed by atoms with Gasteiger partial charge in [-0.1, -0.05) is 68.3 Å². The topological polar surface area (TPSA) is 64.3 Å². The Labute approximate surface area is 194 Å². The van der Waals surface area contributed by atoms with Gasteiger partial charge in [0.25, 0.3) is 0 Å². The Morgan fingerprint density at radius 2 is 1.79 bits per heavy atom. The van der Waals surface area contributed by atoms with Crippen LogP contribution in [0, 0.1) is 11.3 Å². The van der Waals surface area contributed by atoms with Crippen molar-refractivity contribution in [2.75, 3.05) is 4.90 Å². The molecule has 5 rings (SSSR count). The van der Waals surface area contributed by atoms with E-state index in [1.165, 1.54) is 48.7 Å². The molecule has 2 aliphatic rings. The van der Waals surface area contributed by atoms with E-state index in [0.717, 1.165) is 11.1 Å². The third-order valence-corrected chi connectivity index (χ3v) is 7.28. The lowest BCUT2D eigenvalue weighted by molar-refractivity contribution is -0.132. The predicted molar refractivity (Wildman–Crippen MR) is 131 cm³/mol. The number of nitrogens with zero attached hydrogens (tertiary/aromatic N) is 2. The number of hydrogen-bond donors (Lipinski definition) is 1. The number of fused-ring (bicyclic) bond motifs is 3.